The molecule has 0 saturated carbocycles. The van der Waals surface area contributed by atoms with Crippen LogP contribution in [0.25, 0.3) is 0 Å². The number of hydrogen-bond acceptors (Lipinski definition) is 3. The molecule has 4 heteroatoms. The van der Waals surface area contributed by atoms with Gasteiger partial charge < -0.3 is 10.6 Å². The third-order valence-electron chi connectivity index (χ3n) is 3.23. The van der Waals surface area contributed by atoms with E-state index in [2.05, 4.69) is 29.5 Å². The third kappa shape index (κ3) is 4.05. The molecule has 0 aliphatic heterocycles. The molecule has 0 radical (unpaired) electrons. The van der Waals surface area contributed by atoms with Crippen LogP contribution < -0.4 is 10.6 Å². The quantitative estimate of drug-likeness (QED) is 0.849. The highest BCUT2D eigenvalue weighted by Gasteiger charge is 2.08. The predicted molar refractivity (Wildman–Crippen MR) is 86.8 cm³/mol. The smallest absolute Gasteiger partial charge is 0.257 e. The lowest BCUT2D eigenvalue weighted by molar-refractivity contribution is 0.102. The summed E-state index contributed by atoms with van der Waals surface area (Å²) >= 11 is 0. The number of pyridine rings is 1. The second kappa shape index (κ2) is 7.43. The van der Waals surface area contributed by atoms with Gasteiger partial charge in [0.1, 0.15) is 5.82 Å². The van der Waals surface area contributed by atoms with E-state index in [0.717, 1.165) is 36.5 Å². The minimum absolute atomic E-state index is 0.134. The fourth-order valence-electron chi connectivity index (χ4n) is 2.03. The standard InChI is InChI=1S/C17H21N3O/c1-3-11-18-16-10-9-14(12-19-16)17(21)20-15-8-6-5-7-13(15)4-2/h5-10,12H,3-4,11H2,1-2H3,(H,18,19)(H,20,21). The maximum Gasteiger partial charge on any atom is 0.257 e. The molecule has 2 rings (SSSR count). The van der Waals surface area contributed by atoms with Crippen molar-refractivity contribution < 1.29 is 4.79 Å². The van der Waals surface area contributed by atoms with Crippen LogP contribution in [0, 0.1) is 0 Å². The predicted octanol–water partition coefficient (Wildman–Crippen LogP) is 3.72. The fourth-order valence-corrected chi connectivity index (χ4v) is 2.03. The zero-order chi connectivity index (χ0) is 15.1. The fraction of sp³-hybridized carbons (Fsp3) is 0.294. The number of anilines is 2. The van der Waals surface area contributed by atoms with Crippen molar-refractivity contribution in [3.8, 4) is 0 Å². The molecular formula is C17H21N3O. The number of aryl methyl sites for hydroxylation is 1. The first-order chi connectivity index (χ1) is 10.2. The Bertz CT molecular complexity index is 593. The summed E-state index contributed by atoms with van der Waals surface area (Å²) < 4.78 is 0. The Morgan fingerprint density at radius 3 is 2.62 bits per heavy atom. The Morgan fingerprint density at radius 2 is 1.95 bits per heavy atom. The van der Waals surface area contributed by atoms with Crippen LogP contribution in [0.2, 0.25) is 0 Å². The molecule has 4 nitrogen and oxygen atoms in total. The Kier molecular flexibility index (Phi) is 5.32. The minimum atomic E-state index is -0.134. The van der Waals surface area contributed by atoms with Gasteiger partial charge in [0.05, 0.1) is 5.56 Å². The van der Waals surface area contributed by atoms with Crippen LogP contribution in [0.5, 0.6) is 0 Å². The van der Waals surface area contributed by atoms with Gasteiger partial charge in [-0.3, -0.25) is 4.79 Å². The van der Waals surface area contributed by atoms with Crippen LogP contribution in [0.3, 0.4) is 0 Å². The van der Waals surface area contributed by atoms with Crippen LogP contribution in [-0.2, 0) is 6.42 Å². The van der Waals surface area contributed by atoms with Gasteiger partial charge >= 0.3 is 0 Å². The highest BCUT2D eigenvalue weighted by atomic mass is 16.1. The van der Waals surface area contributed by atoms with Gasteiger partial charge in [0.2, 0.25) is 0 Å². The maximum atomic E-state index is 12.2. The van der Waals surface area contributed by atoms with Crippen molar-refractivity contribution in [2.24, 2.45) is 0 Å². The molecule has 0 spiro atoms. The second-order valence-corrected chi connectivity index (χ2v) is 4.82. The number of hydrogen-bond donors (Lipinski definition) is 2. The van der Waals surface area contributed by atoms with E-state index < -0.39 is 0 Å². The zero-order valence-corrected chi connectivity index (χ0v) is 12.5. The third-order valence-corrected chi connectivity index (χ3v) is 3.23. The molecule has 0 bridgehead atoms. The average molecular weight is 283 g/mol. The molecule has 21 heavy (non-hydrogen) atoms. The molecule has 0 saturated heterocycles. The first kappa shape index (κ1) is 15.0. The van der Waals surface area contributed by atoms with Crippen LogP contribution in [0.15, 0.2) is 42.6 Å². The molecule has 1 aromatic heterocycles. The lowest BCUT2D eigenvalue weighted by Crippen LogP contribution is -2.13. The summed E-state index contributed by atoms with van der Waals surface area (Å²) in [6, 6.07) is 11.5. The molecule has 2 N–H and O–H groups in total. The van der Waals surface area contributed by atoms with E-state index >= 15 is 0 Å². The number of amides is 1. The Morgan fingerprint density at radius 1 is 1.14 bits per heavy atom. The Hall–Kier alpha value is -2.36. The lowest BCUT2D eigenvalue weighted by Gasteiger charge is -2.10. The summed E-state index contributed by atoms with van der Waals surface area (Å²) in [7, 11) is 0. The van der Waals surface area contributed by atoms with Crippen molar-refractivity contribution in [2.75, 3.05) is 17.2 Å². The lowest BCUT2D eigenvalue weighted by atomic mass is 10.1. The van der Waals surface area contributed by atoms with Gasteiger partial charge in [0.25, 0.3) is 5.91 Å². The number of nitrogens with one attached hydrogen (secondary N) is 2. The van der Waals surface area contributed by atoms with Crippen molar-refractivity contribution in [3.63, 3.8) is 0 Å². The molecule has 1 amide bonds. The molecule has 1 heterocycles. The summed E-state index contributed by atoms with van der Waals surface area (Å²) in [6.07, 6.45) is 3.52. The normalized spacial score (nSPS) is 10.2. The van der Waals surface area contributed by atoms with Crippen molar-refractivity contribution >= 4 is 17.4 Å². The van der Waals surface area contributed by atoms with Crippen molar-refractivity contribution in [2.45, 2.75) is 26.7 Å². The highest BCUT2D eigenvalue weighted by molar-refractivity contribution is 6.04. The van der Waals surface area contributed by atoms with Gasteiger partial charge in [-0.05, 0) is 36.6 Å². The van der Waals surface area contributed by atoms with E-state index in [9.17, 15) is 4.79 Å². The molecule has 0 fully saturated rings. The van der Waals surface area contributed by atoms with Crippen LogP contribution in [0.1, 0.15) is 36.2 Å². The largest absolute Gasteiger partial charge is 0.370 e. The van der Waals surface area contributed by atoms with Crippen LogP contribution in [0.4, 0.5) is 11.5 Å². The SMILES string of the molecule is CCCNc1ccc(C(=O)Nc2ccccc2CC)cn1. The van der Waals surface area contributed by atoms with E-state index in [0.29, 0.717) is 5.56 Å². The number of carbonyl (C=O) groups is 1. The van der Waals surface area contributed by atoms with Gasteiger partial charge in [-0.15, -0.1) is 0 Å². The molecule has 0 aliphatic carbocycles. The second-order valence-electron chi connectivity index (χ2n) is 4.82. The van der Waals surface area contributed by atoms with Crippen molar-refractivity contribution in [1.82, 2.24) is 4.98 Å². The van der Waals surface area contributed by atoms with Crippen LogP contribution in [-0.4, -0.2) is 17.4 Å². The number of rotatable bonds is 6. The average Bonchev–Trinajstić information content (AvgIpc) is 2.54. The molecule has 2 aromatic rings. The minimum Gasteiger partial charge on any atom is -0.370 e. The first-order valence-electron chi connectivity index (χ1n) is 7.33. The molecule has 0 aliphatic rings. The summed E-state index contributed by atoms with van der Waals surface area (Å²) in [4.78, 5) is 16.5. The van der Waals surface area contributed by atoms with Crippen molar-refractivity contribution in [1.29, 1.82) is 0 Å². The summed E-state index contributed by atoms with van der Waals surface area (Å²) in [5, 5.41) is 6.13. The number of nitrogens with zero attached hydrogens (tertiary/aromatic N) is 1. The summed E-state index contributed by atoms with van der Waals surface area (Å²) in [6.45, 7) is 5.04. The molecule has 1 aromatic carbocycles. The van der Waals surface area contributed by atoms with Gasteiger partial charge in [-0.2, -0.15) is 0 Å². The first-order valence-corrected chi connectivity index (χ1v) is 7.33. The number of aromatic nitrogens is 1. The number of benzene rings is 1. The Balaban J connectivity index is 2.06. The van der Waals surface area contributed by atoms with Gasteiger partial charge in [-0.1, -0.05) is 32.0 Å². The highest BCUT2D eigenvalue weighted by Crippen LogP contribution is 2.16. The molecule has 0 unspecified atom stereocenters. The maximum absolute atomic E-state index is 12.2. The number of carbonyl (C=O) groups excluding carboxylic acids is 1. The van der Waals surface area contributed by atoms with E-state index in [1.807, 2.05) is 30.3 Å². The van der Waals surface area contributed by atoms with E-state index in [4.69, 9.17) is 0 Å². The zero-order valence-electron chi connectivity index (χ0n) is 12.5. The van der Waals surface area contributed by atoms with Gasteiger partial charge in [-0.25, -0.2) is 4.98 Å². The van der Waals surface area contributed by atoms with Crippen LogP contribution >= 0.6 is 0 Å². The van der Waals surface area contributed by atoms with E-state index in [1.165, 1.54) is 0 Å². The molecular weight excluding hydrogens is 262 g/mol. The molecule has 110 valence electrons. The summed E-state index contributed by atoms with van der Waals surface area (Å²) in [5.74, 6) is 0.660. The topological polar surface area (TPSA) is 54.0 Å². The monoisotopic (exact) mass is 283 g/mol. The molecule has 0 atom stereocenters. The van der Waals surface area contributed by atoms with E-state index in [1.54, 1.807) is 12.3 Å². The Labute approximate surface area is 125 Å². The van der Waals surface area contributed by atoms with Crippen molar-refractivity contribution in [3.05, 3.63) is 53.7 Å². The summed E-state index contributed by atoms with van der Waals surface area (Å²) in [5.41, 5.74) is 2.54. The number of para-hydroxylation sites is 1. The van der Waals surface area contributed by atoms with Gasteiger partial charge in [0, 0.05) is 18.4 Å². The van der Waals surface area contributed by atoms with E-state index in [-0.39, 0.29) is 5.91 Å². The van der Waals surface area contributed by atoms with Gasteiger partial charge in [0.15, 0.2) is 0 Å².